The molecule has 2 aliphatic rings. The number of amides is 1. The number of ether oxygens (including phenoxy) is 1. The van der Waals surface area contributed by atoms with Crippen LogP contribution in [0.2, 0.25) is 0 Å². The van der Waals surface area contributed by atoms with Crippen LogP contribution in [0, 0.1) is 0 Å². The number of carbonyl (C=O) groups is 1. The van der Waals surface area contributed by atoms with E-state index in [1.807, 2.05) is 20.8 Å². The zero-order chi connectivity index (χ0) is 21.1. The van der Waals surface area contributed by atoms with Gasteiger partial charge in [-0.15, -0.1) is 0 Å². The number of rotatable bonds is 1. The van der Waals surface area contributed by atoms with E-state index < -0.39 is 12.7 Å². The number of benzene rings is 1. The molecule has 2 aliphatic heterocycles. The summed E-state index contributed by atoms with van der Waals surface area (Å²) in [6.45, 7) is 19.4. The highest BCUT2D eigenvalue weighted by Gasteiger charge is 2.52. The quantitative estimate of drug-likeness (QED) is 0.683. The van der Waals surface area contributed by atoms with Crippen molar-refractivity contribution >= 4 is 18.7 Å². The molecule has 3 rings (SSSR count). The minimum atomic E-state index is -0.508. The fourth-order valence-corrected chi connectivity index (χ4v) is 3.81. The maximum absolute atomic E-state index is 12.7. The largest absolute Gasteiger partial charge is 0.494 e. The Labute approximate surface area is 169 Å². The van der Waals surface area contributed by atoms with Gasteiger partial charge >= 0.3 is 13.2 Å². The van der Waals surface area contributed by atoms with Gasteiger partial charge in [0.25, 0.3) is 0 Å². The van der Waals surface area contributed by atoms with Crippen LogP contribution >= 0.6 is 0 Å². The molecule has 2 heterocycles. The molecular formula is C22H34BNO4. The smallest absolute Gasteiger partial charge is 0.444 e. The van der Waals surface area contributed by atoms with E-state index in [0.717, 1.165) is 11.0 Å². The van der Waals surface area contributed by atoms with Crippen LogP contribution in [-0.4, -0.2) is 41.5 Å². The summed E-state index contributed by atoms with van der Waals surface area (Å²) in [5.41, 5.74) is 1.94. The monoisotopic (exact) mass is 387 g/mol. The van der Waals surface area contributed by atoms with E-state index in [0.29, 0.717) is 13.1 Å². The van der Waals surface area contributed by atoms with E-state index in [9.17, 15) is 4.79 Å². The molecule has 0 spiro atoms. The van der Waals surface area contributed by atoms with Crippen LogP contribution in [0.15, 0.2) is 18.2 Å². The van der Waals surface area contributed by atoms with Gasteiger partial charge < -0.3 is 18.9 Å². The zero-order valence-corrected chi connectivity index (χ0v) is 18.8. The van der Waals surface area contributed by atoms with E-state index >= 15 is 0 Å². The Kier molecular flexibility index (Phi) is 4.91. The van der Waals surface area contributed by atoms with Crippen LogP contribution in [0.3, 0.4) is 0 Å². The van der Waals surface area contributed by atoms with Crippen molar-refractivity contribution in [3.63, 3.8) is 0 Å². The molecule has 1 fully saturated rings. The van der Waals surface area contributed by atoms with Crippen molar-refractivity contribution in [2.75, 3.05) is 6.54 Å². The molecule has 0 bridgehead atoms. The SMILES string of the molecule is CC(C)(C)OC(=O)N1Cc2cc(B3OC(C)(C)C(C)(C)O3)ccc2C(C)(C)C1. The molecule has 0 radical (unpaired) electrons. The molecule has 1 amide bonds. The minimum absolute atomic E-state index is 0.154. The third kappa shape index (κ3) is 3.94. The van der Waals surface area contributed by atoms with Crippen LogP contribution in [-0.2, 0) is 26.0 Å². The van der Waals surface area contributed by atoms with Crippen LogP contribution in [0.4, 0.5) is 4.79 Å². The topological polar surface area (TPSA) is 48.0 Å². The first-order valence-corrected chi connectivity index (χ1v) is 10.1. The predicted octanol–water partition coefficient (Wildman–Crippen LogP) is 4.01. The van der Waals surface area contributed by atoms with Gasteiger partial charge in [0.1, 0.15) is 5.60 Å². The number of nitrogens with zero attached hydrogens (tertiary/aromatic N) is 1. The molecule has 0 unspecified atom stereocenters. The van der Waals surface area contributed by atoms with E-state index in [1.54, 1.807) is 4.90 Å². The highest BCUT2D eigenvalue weighted by atomic mass is 16.7. The molecule has 0 aliphatic carbocycles. The lowest BCUT2D eigenvalue weighted by Crippen LogP contribution is -2.47. The summed E-state index contributed by atoms with van der Waals surface area (Å²) in [7, 11) is -0.407. The summed E-state index contributed by atoms with van der Waals surface area (Å²) < 4.78 is 18.0. The summed E-state index contributed by atoms with van der Waals surface area (Å²) >= 11 is 0. The first kappa shape index (κ1) is 21.2. The summed E-state index contributed by atoms with van der Waals surface area (Å²) in [5.74, 6) is 0. The average Bonchev–Trinajstić information content (AvgIpc) is 2.72. The Bertz CT molecular complexity index is 763. The molecule has 0 N–H and O–H groups in total. The van der Waals surface area contributed by atoms with Gasteiger partial charge in [-0.2, -0.15) is 0 Å². The van der Waals surface area contributed by atoms with Gasteiger partial charge in [0.15, 0.2) is 0 Å². The van der Waals surface area contributed by atoms with Gasteiger partial charge in [-0.1, -0.05) is 32.0 Å². The summed E-state index contributed by atoms with van der Waals surface area (Å²) in [4.78, 5) is 14.5. The van der Waals surface area contributed by atoms with Crippen LogP contribution in [0.1, 0.15) is 73.4 Å². The van der Waals surface area contributed by atoms with Gasteiger partial charge in [0, 0.05) is 18.5 Å². The number of carbonyl (C=O) groups excluding carboxylic acids is 1. The molecule has 0 aromatic heterocycles. The lowest BCUT2D eigenvalue weighted by molar-refractivity contribution is 0.00578. The molecule has 154 valence electrons. The molecule has 28 heavy (non-hydrogen) atoms. The van der Waals surface area contributed by atoms with Gasteiger partial charge in [-0.25, -0.2) is 4.79 Å². The maximum atomic E-state index is 12.7. The van der Waals surface area contributed by atoms with Crippen molar-refractivity contribution in [3.8, 4) is 0 Å². The Balaban J connectivity index is 1.89. The molecule has 1 aromatic carbocycles. The van der Waals surface area contributed by atoms with Crippen molar-refractivity contribution in [1.29, 1.82) is 0 Å². The van der Waals surface area contributed by atoms with Gasteiger partial charge in [0.2, 0.25) is 0 Å². The Morgan fingerprint density at radius 2 is 1.64 bits per heavy atom. The summed E-state index contributed by atoms with van der Waals surface area (Å²) in [6.07, 6.45) is -0.271. The zero-order valence-electron chi connectivity index (χ0n) is 18.8. The summed E-state index contributed by atoms with van der Waals surface area (Å²) in [6, 6.07) is 6.36. The van der Waals surface area contributed by atoms with E-state index in [-0.39, 0.29) is 22.7 Å². The third-order valence-electron chi connectivity index (χ3n) is 5.98. The highest BCUT2D eigenvalue weighted by molar-refractivity contribution is 6.62. The predicted molar refractivity (Wildman–Crippen MR) is 112 cm³/mol. The van der Waals surface area contributed by atoms with Crippen molar-refractivity contribution < 1.29 is 18.8 Å². The fraction of sp³-hybridized carbons (Fsp3) is 0.682. The lowest BCUT2D eigenvalue weighted by Gasteiger charge is -2.40. The number of hydrogen-bond acceptors (Lipinski definition) is 4. The first-order valence-electron chi connectivity index (χ1n) is 10.1. The van der Waals surface area contributed by atoms with Crippen molar-refractivity contribution in [1.82, 2.24) is 4.90 Å². The number of hydrogen-bond donors (Lipinski definition) is 0. The molecule has 0 atom stereocenters. The number of fused-ring (bicyclic) bond motifs is 1. The first-order chi connectivity index (χ1) is 12.6. The molecule has 1 saturated heterocycles. The van der Waals surface area contributed by atoms with Gasteiger partial charge in [-0.3, -0.25) is 0 Å². The van der Waals surface area contributed by atoms with Gasteiger partial charge in [-0.05, 0) is 65.1 Å². The molecule has 1 aromatic rings. The fourth-order valence-electron chi connectivity index (χ4n) is 3.81. The summed E-state index contributed by atoms with van der Waals surface area (Å²) in [5, 5.41) is 0. The van der Waals surface area contributed by atoms with Crippen LogP contribution < -0.4 is 5.46 Å². The van der Waals surface area contributed by atoms with Crippen LogP contribution in [0.25, 0.3) is 0 Å². The second kappa shape index (κ2) is 6.49. The second-order valence-electron chi connectivity index (χ2n) is 10.7. The molecule has 6 heteroatoms. The normalized spacial score (nSPS) is 22.8. The maximum Gasteiger partial charge on any atom is 0.494 e. The molecular weight excluding hydrogens is 353 g/mol. The standard InChI is InChI=1S/C22H34BNO4/c1-19(2,3)26-18(25)24-13-15-12-16(10-11-17(15)20(4,5)14-24)23-27-21(6,7)22(8,9)28-23/h10-12H,13-14H2,1-9H3. The highest BCUT2D eigenvalue weighted by Crippen LogP contribution is 2.38. The third-order valence-corrected chi connectivity index (χ3v) is 5.98. The second-order valence-corrected chi connectivity index (χ2v) is 10.7. The van der Waals surface area contributed by atoms with Crippen LogP contribution in [0.5, 0.6) is 0 Å². The average molecular weight is 387 g/mol. The Morgan fingerprint density at radius 1 is 1.07 bits per heavy atom. The van der Waals surface area contributed by atoms with E-state index in [1.165, 1.54) is 5.56 Å². The lowest BCUT2D eigenvalue weighted by atomic mass is 9.73. The van der Waals surface area contributed by atoms with Crippen molar-refractivity contribution in [2.24, 2.45) is 0 Å². The van der Waals surface area contributed by atoms with Crippen molar-refractivity contribution in [3.05, 3.63) is 29.3 Å². The minimum Gasteiger partial charge on any atom is -0.444 e. The van der Waals surface area contributed by atoms with E-state index in [4.69, 9.17) is 14.0 Å². The molecule has 5 nitrogen and oxygen atoms in total. The van der Waals surface area contributed by atoms with Crippen molar-refractivity contribution in [2.45, 2.75) is 91.1 Å². The Morgan fingerprint density at radius 3 is 2.18 bits per heavy atom. The Hall–Kier alpha value is -1.53. The van der Waals surface area contributed by atoms with Gasteiger partial charge in [0.05, 0.1) is 11.2 Å². The molecule has 0 saturated carbocycles. The van der Waals surface area contributed by atoms with E-state index in [2.05, 4.69) is 59.7 Å².